The van der Waals surface area contributed by atoms with Crippen molar-refractivity contribution in [2.24, 2.45) is 0 Å². The van der Waals surface area contributed by atoms with Crippen LogP contribution < -0.4 is 0 Å². The van der Waals surface area contributed by atoms with E-state index in [0.717, 1.165) is 0 Å². The summed E-state index contributed by atoms with van der Waals surface area (Å²) in [6.45, 7) is -1.44. The van der Waals surface area contributed by atoms with Crippen LogP contribution in [0.3, 0.4) is 0 Å². The van der Waals surface area contributed by atoms with Gasteiger partial charge in [0.05, 0.1) is 0 Å². The minimum Gasteiger partial charge on any atom is -0.191 e. The van der Waals surface area contributed by atoms with E-state index in [9.17, 15) is 22.6 Å². The second-order valence-electron chi connectivity index (χ2n) is 1.69. The van der Waals surface area contributed by atoms with Gasteiger partial charge < -0.3 is 0 Å². The molecule has 0 aliphatic carbocycles. The summed E-state index contributed by atoms with van der Waals surface area (Å²) >= 11 is 0. The van der Waals surface area contributed by atoms with Crippen molar-refractivity contribution in [1.29, 1.82) is 0 Å². The van der Waals surface area contributed by atoms with E-state index >= 15 is 0 Å². The van der Waals surface area contributed by atoms with Gasteiger partial charge in [-0.3, -0.25) is 0 Å². The van der Waals surface area contributed by atoms with E-state index < -0.39 is 18.7 Å². The molecule has 0 fully saturated rings. The second kappa shape index (κ2) is 5.99. The van der Waals surface area contributed by atoms with Crippen molar-refractivity contribution in [3.8, 4) is 0 Å². The molecule has 0 amide bonds. The Morgan fingerprint density at radius 1 is 0.923 bits per heavy atom. The summed E-state index contributed by atoms with van der Waals surface area (Å²) in [5.74, 6) is -3.82. The van der Waals surface area contributed by atoms with Gasteiger partial charge in [0.1, 0.15) is 6.61 Å². The van der Waals surface area contributed by atoms with Gasteiger partial charge in [-0.05, 0) is 22.6 Å². The highest BCUT2D eigenvalue weighted by Gasteiger charge is 2.51. The zero-order valence-corrected chi connectivity index (χ0v) is 5.72. The smallest absolute Gasteiger partial charge is 0.191 e. The standard InChI is InChI=1S/C3H3F5O5/c4-9-1-2(10-5)3(11-6,12-7)13-8/h2H,1H2. The van der Waals surface area contributed by atoms with Crippen LogP contribution in [0.2, 0.25) is 0 Å². The molecule has 80 valence electrons. The summed E-state index contributed by atoms with van der Waals surface area (Å²) in [5, 5.41) is 0. The highest BCUT2D eigenvalue weighted by Crippen LogP contribution is 2.25. The van der Waals surface area contributed by atoms with Crippen LogP contribution in [0.25, 0.3) is 0 Å². The zero-order valence-electron chi connectivity index (χ0n) is 5.72. The summed E-state index contributed by atoms with van der Waals surface area (Å²) in [6, 6.07) is 0. The maximum atomic E-state index is 11.4. The Labute approximate surface area is 67.4 Å². The van der Waals surface area contributed by atoms with Crippen molar-refractivity contribution in [2.45, 2.75) is 12.1 Å². The summed E-state index contributed by atoms with van der Waals surface area (Å²) in [6.07, 6.45) is -2.60. The molecule has 0 spiro atoms. The molecule has 0 N–H and O–H groups in total. The maximum absolute atomic E-state index is 11.4. The lowest BCUT2D eigenvalue weighted by Gasteiger charge is -2.22. The fourth-order valence-electron chi connectivity index (χ4n) is 0.424. The molecule has 10 heteroatoms. The number of halogens is 5. The van der Waals surface area contributed by atoms with Crippen LogP contribution in [-0.2, 0) is 24.7 Å². The third-order valence-corrected chi connectivity index (χ3v) is 1.04. The normalized spacial score (nSPS) is 14.5. The third kappa shape index (κ3) is 2.70. The maximum Gasteiger partial charge on any atom is 0.411 e. The minimum atomic E-state index is -3.82. The Bertz CT molecular complexity index is 123. The van der Waals surface area contributed by atoms with E-state index in [-0.39, 0.29) is 0 Å². The van der Waals surface area contributed by atoms with Crippen molar-refractivity contribution < 1.29 is 47.3 Å². The summed E-state index contributed by atoms with van der Waals surface area (Å²) in [5.41, 5.74) is 0. The Kier molecular flexibility index (Phi) is 5.73. The SMILES string of the molecule is FOCC(OF)C(OF)(OF)OF. The van der Waals surface area contributed by atoms with Crippen LogP contribution in [-0.4, -0.2) is 18.7 Å². The second-order valence-corrected chi connectivity index (χ2v) is 1.69. The number of hydrogen-bond acceptors (Lipinski definition) is 5. The fraction of sp³-hybridized carbons (Fsp3) is 1.00. The van der Waals surface area contributed by atoms with Gasteiger partial charge in [-0.2, -0.15) is 9.88 Å². The molecule has 0 rings (SSSR count). The highest BCUT2D eigenvalue weighted by atomic mass is 19.3. The Hall–Kier alpha value is -0.550. The number of hydrogen-bond donors (Lipinski definition) is 0. The van der Waals surface area contributed by atoms with Crippen LogP contribution in [0.15, 0.2) is 0 Å². The Balaban J connectivity index is 4.45. The number of rotatable bonds is 7. The lowest BCUT2D eigenvalue weighted by Crippen LogP contribution is -2.47. The molecule has 5 nitrogen and oxygen atoms in total. The van der Waals surface area contributed by atoms with E-state index in [2.05, 4.69) is 24.7 Å². The van der Waals surface area contributed by atoms with Gasteiger partial charge in [0.2, 0.25) is 6.10 Å². The van der Waals surface area contributed by atoms with E-state index in [4.69, 9.17) is 0 Å². The van der Waals surface area contributed by atoms with Crippen LogP contribution in [0.5, 0.6) is 0 Å². The molecule has 0 aliphatic heterocycles. The van der Waals surface area contributed by atoms with Crippen molar-refractivity contribution in [3.63, 3.8) is 0 Å². The van der Waals surface area contributed by atoms with Gasteiger partial charge in [-0.25, -0.2) is 0 Å². The summed E-state index contributed by atoms with van der Waals surface area (Å²) in [4.78, 5) is 12.7. The first-order chi connectivity index (χ1) is 6.20. The molecule has 0 aromatic carbocycles. The molecule has 1 unspecified atom stereocenters. The van der Waals surface area contributed by atoms with E-state index in [1.165, 1.54) is 0 Å². The molecule has 0 aliphatic rings. The van der Waals surface area contributed by atoms with Gasteiger partial charge in [0.25, 0.3) is 0 Å². The van der Waals surface area contributed by atoms with Crippen molar-refractivity contribution in [1.82, 2.24) is 0 Å². The molecule has 0 aromatic heterocycles. The van der Waals surface area contributed by atoms with Crippen LogP contribution in [0.4, 0.5) is 22.6 Å². The third-order valence-electron chi connectivity index (χ3n) is 1.04. The molecule has 1 atom stereocenters. The van der Waals surface area contributed by atoms with Gasteiger partial charge in [0, 0.05) is 0 Å². The lowest BCUT2D eigenvalue weighted by atomic mass is 10.3. The summed E-state index contributed by atoms with van der Waals surface area (Å²) < 4.78 is 56.8. The quantitative estimate of drug-likeness (QED) is 0.474. The molecule has 0 heterocycles. The zero-order chi connectivity index (χ0) is 10.3. The Morgan fingerprint density at radius 3 is 1.62 bits per heavy atom. The minimum absolute atomic E-state index is 1.44. The van der Waals surface area contributed by atoms with Crippen LogP contribution in [0.1, 0.15) is 0 Å². The van der Waals surface area contributed by atoms with Gasteiger partial charge in [0.15, 0.2) is 0 Å². The van der Waals surface area contributed by atoms with Crippen LogP contribution in [0, 0.1) is 0 Å². The monoisotopic (exact) mass is 214 g/mol. The van der Waals surface area contributed by atoms with Gasteiger partial charge in [-0.1, -0.05) is 0 Å². The van der Waals surface area contributed by atoms with Crippen molar-refractivity contribution in [2.75, 3.05) is 6.61 Å². The topological polar surface area (TPSA) is 46.2 Å². The summed E-state index contributed by atoms with van der Waals surface area (Å²) in [7, 11) is 0. The average Bonchev–Trinajstić information content (AvgIpc) is 2.19. The predicted octanol–water partition coefficient (Wildman–Crippen LogP) is 1.51. The molecule has 0 saturated heterocycles. The van der Waals surface area contributed by atoms with E-state index in [1.807, 2.05) is 0 Å². The van der Waals surface area contributed by atoms with E-state index in [1.54, 1.807) is 0 Å². The fourth-order valence-corrected chi connectivity index (χ4v) is 0.424. The molecular weight excluding hydrogens is 211 g/mol. The van der Waals surface area contributed by atoms with Gasteiger partial charge in [-0.15, -0.1) is 14.8 Å². The highest BCUT2D eigenvalue weighted by molar-refractivity contribution is 4.66. The average molecular weight is 214 g/mol. The molecule has 0 saturated carbocycles. The molecule has 0 aromatic rings. The van der Waals surface area contributed by atoms with Crippen molar-refractivity contribution >= 4 is 0 Å². The lowest BCUT2D eigenvalue weighted by molar-refractivity contribution is -0.578. The molecule has 0 radical (unpaired) electrons. The largest absolute Gasteiger partial charge is 0.411 e. The predicted molar refractivity (Wildman–Crippen MR) is 22.4 cm³/mol. The first-order valence-electron chi connectivity index (χ1n) is 2.61. The van der Waals surface area contributed by atoms with Crippen LogP contribution >= 0.6 is 0 Å². The van der Waals surface area contributed by atoms with E-state index in [0.29, 0.717) is 0 Å². The van der Waals surface area contributed by atoms with Gasteiger partial charge >= 0.3 is 5.97 Å². The first-order valence-corrected chi connectivity index (χ1v) is 2.61. The molecular formula is C3H3F5O5. The van der Waals surface area contributed by atoms with Crippen molar-refractivity contribution in [3.05, 3.63) is 0 Å². The first kappa shape index (κ1) is 12.4. The molecule has 0 bridgehead atoms. The molecule has 13 heavy (non-hydrogen) atoms. The Morgan fingerprint density at radius 2 is 1.38 bits per heavy atom.